The molecule has 2 heterocycles. The lowest BCUT2D eigenvalue weighted by atomic mass is 10.1. The zero-order chi connectivity index (χ0) is 23.6. The van der Waals surface area contributed by atoms with E-state index in [1.165, 1.54) is 34.7 Å². The molecular formula is C24H31N3O5S. The van der Waals surface area contributed by atoms with E-state index in [0.717, 1.165) is 5.69 Å². The lowest BCUT2D eigenvalue weighted by Gasteiger charge is -2.36. The van der Waals surface area contributed by atoms with Gasteiger partial charge in [0.15, 0.2) is 0 Å². The van der Waals surface area contributed by atoms with Gasteiger partial charge >= 0.3 is 0 Å². The zero-order valence-corrected chi connectivity index (χ0v) is 20.2. The van der Waals surface area contributed by atoms with Crippen LogP contribution in [0.1, 0.15) is 21.5 Å². The lowest BCUT2D eigenvalue weighted by molar-refractivity contribution is 0.0300. The maximum atomic E-state index is 13.4. The van der Waals surface area contributed by atoms with Gasteiger partial charge in [0.1, 0.15) is 5.75 Å². The smallest absolute Gasteiger partial charge is 0.257 e. The van der Waals surface area contributed by atoms with E-state index in [-0.39, 0.29) is 16.4 Å². The molecule has 0 atom stereocenters. The fourth-order valence-electron chi connectivity index (χ4n) is 4.35. The summed E-state index contributed by atoms with van der Waals surface area (Å²) in [5.41, 5.74) is 3.85. The number of rotatable bonds is 5. The Labute approximate surface area is 195 Å². The molecule has 4 rings (SSSR count). The van der Waals surface area contributed by atoms with Gasteiger partial charge in [-0.05, 0) is 49.2 Å². The van der Waals surface area contributed by atoms with Crippen molar-refractivity contribution >= 4 is 21.6 Å². The molecular weight excluding hydrogens is 442 g/mol. The summed E-state index contributed by atoms with van der Waals surface area (Å²) < 4.78 is 39.0. The highest BCUT2D eigenvalue weighted by atomic mass is 32.2. The minimum absolute atomic E-state index is 0.111. The molecule has 2 aromatic rings. The second-order valence-corrected chi connectivity index (χ2v) is 10.3. The van der Waals surface area contributed by atoms with Crippen molar-refractivity contribution in [3.8, 4) is 5.75 Å². The Balaban J connectivity index is 1.54. The molecule has 2 aliphatic rings. The quantitative estimate of drug-likeness (QED) is 0.663. The van der Waals surface area contributed by atoms with E-state index in [4.69, 9.17) is 9.47 Å². The first kappa shape index (κ1) is 23.5. The topological polar surface area (TPSA) is 79.4 Å². The second kappa shape index (κ2) is 9.70. The van der Waals surface area contributed by atoms with E-state index < -0.39 is 10.0 Å². The molecule has 33 heavy (non-hydrogen) atoms. The second-order valence-electron chi connectivity index (χ2n) is 8.38. The number of benzene rings is 2. The van der Waals surface area contributed by atoms with Crippen molar-refractivity contribution in [1.82, 2.24) is 9.21 Å². The zero-order valence-electron chi connectivity index (χ0n) is 19.4. The van der Waals surface area contributed by atoms with Gasteiger partial charge in [-0.1, -0.05) is 12.1 Å². The summed E-state index contributed by atoms with van der Waals surface area (Å²) in [4.78, 5) is 17.1. The Morgan fingerprint density at radius 1 is 0.970 bits per heavy atom. The first-order valence-electron chi connectivity index (χ1n) is 11.2. The van der Waals surface area contributed by atoms with Gasteiger partial charge in [0.2, 0.25) is 10.0 Å². The number of sulfonamides is 1. The number of hydrogen-bond acceptors (Lipinski definition) is 6. The number of amides is 1. The number of carbonyl (C=O) groups is 1. The van der Waals surface area contributed by atoms with Crippen molar-refractivity contribution in [3.05, 3.63) is 53.1 Å². The van der Waals surface area contributed by atoms with Gasteiger partial charge in [0.25, 0.3) is 5.91 Å². The molecule has 0 bridgehead atoms. The molecule has 0 radical (unpaired) electrons. The molecule has 2 aliphatic heterocycles. The van der Waals surface area contributed by atoms with E-state index >= 15 is 0 Å². The summed E-state index contributed by atoms with van der Waals surface area (Å²) in [6.07, 6.45) is 0. The molecule has 1 amide bonds. The van der Waals surface area contributed by atoms with E-state index in [9.17, 15) is 13.2 Å². The van der Waals surface area contributed by atoms with Crippen molar-refractivity contribution in [3.63, 3.8) is 0 Å². The van der Waals surface area contributed by atoms with Crippen molar-refractivity contribution in [2.24, 2.45) is 0 Å². The van der Waals surface area contributed by atoms with Gasteiger partial charge in [0, 0.05) is 45.0 Å². The number of anilines is 1. The van der Waals surface area contributed by atoms with Gasteiger partial charge in [-0.25, -0.2) is 8.42 Å². The van der Waals surface area contributed by atoms with Crippen LogP contribution in [-0.2, 0) is 14.8 Å². The summed E-state index contributed by atoms with van der Waals surface area (Å²) in [5.74, 6) is 0.122. The highest BCUT2D eigenvalue weighted by molar-refractivity contribution is 7.89. The van der Waals surface area contributed by atoms with Crippen molar-refractivity contribution in [2.45, 2.75) is 18.7 Å². The first-order valence-corrected chi connectivity index (χ1v) is 12.6. The normalized spacial score (nSPS) is 17.8. The van der Waals surface area contributed by atoms with Crippen LogP contribution in [0.5, 0.6) is 5.75 Å². The van der Waals surface area contributed by atoms with Crippen LogP contribution in [0, 0.1) is 13.8 Å². The number of hydrogen-bond donors (Lipinski definition) is 0. The minimum Gasteiger partial charge on any atom is -0.496 e. The van der Waals surface area contributed by atoms with Crippen LogP contribution < -0.4 is 9.64 Å². The molecule has 9 heteroatoms. The van der Waals surface area contributed by atoms with Crippen LogP contribution in [0.15, 0.2) is 41.3 Å². The van der Waals surface area contributed by atoms with Crippen LogP contribution in [0.3, 0.4) is 0 Å². The van der Waals surface area contributed by atoms with Crippen LogP contribution in [0.2, 0.25) is 0 Å². The third-order valence-electron chi connectivity index (χ3n) is 6.49. The average molecular weight is 474 g/mol. The number of aryl methyl sites for hydroxylation is 1. The average Bonchev–Trinajstić information content (AvgIpc) is 2.85. The standard InChI is InChI=1S/C24H31N3O5S/c1-18-5-4-6-22(19(18)2)25-9-11-27(12-10-25)33(29,30)20-7-8-23(31-3)21(17-20)24(28)26-13-15-32-16-14-26/h4-8,17H,9-16H2,1-3H3. The third-order valence-corrected chi connectivity index (χ3v) is 8.39. The molecule has 178 valence electrons. The molecule has 2 saturated heterocycles. The number of carbonyl (C=O) groups excluding carboxylic acids is 1. The number of methoxy groups -OCH3 is 1. The van der Waals surface area contributed by atoms with Gasteiger partial charge in [-0.2, -0.15) is 4.31 Å². The summed E-state index contributed by atoms with van der Waals surface area (Å²) in [6.45, 7) is 8.05. The Bertz CT molecular complexity index is 1120. The monoisotopic (exact) mass is 473 g/mol. The summed E-state index contributed by atoms with van der Waals surface area (Å²) in [6, 6.07) is 10.7. The molecule has 2 aromatic carbocycles. The largest absolute Gasteiger partial charge is 0.496 e. The highest BCUT2D eigenvalue weighted by Crippen LogP contribution is 2.28. The maximum Gasteiger partial charge on any atom is 0.257 e. The fraction of sp³-hybridized carbons (Fsp3) is 0.458. The predicted octanol–water partition coefficient (Wildman–Crippen LogP) is 2.30. The Kier molecular flexibility index (Phi) is 6.92. The van der Waals surface area contributed by atoms with Gasteiger partial charge in [0.05, 0.1) is 30.8 Å². The maximum absolute atomic E-state index is 13.4. The summed E-state index contributed by atoms with van der Waals surface area (Å²) in [7, 11) is -2.26. The molecule has 0 N–H and O–H groups in total. The number of ether oxygens (including phenoxy) is 2. The highest BCUT2D eigenvalue weighted by Gasteiger charge is 2.31. The Morgan fingerprint density at radius 2 is 1.67 bits per heavy atom. The van der Waals surface area contributed by atoms with E-state index in [2.05, 4.69) is 30.9 Å². The van der Waals surface area contributed by atoms with Crippen LogP contribution in [-0.4, -0.2) is 83.1 Å². The van der Waals surface area contributed by atoms with Crippen LogP contribution >= 0.6 is 0 Å². The van der Waals surface area contributed by atoms with Gasteiger partial charge in [-0.15, -0.1) is 0 Å². The summed E-state index contributed by atoms with van der Waals surface area (Å²) in [5, 5.41) is 0. The third kappa shape index (κ3) is 4.71. The summed E-state index contributed by atoms with van der Waals surface area (Å²) >= 11 is 0. The van der Waals surface area contributed by atoms with E-state index in [0.29, 0.717) is 58.2 Å². The number of morpholine rings is 1. The molecule has 0 aliphatic carbocycles. The van der Waals surface area contributed by atoms with Gasteiger partial charge < -0.3 is 19.3 Å². The molecule has 2 fully saturated rings. The molecule has 8 nitrogen and oxygen atoms in total. The molecule has 0 spiro atoms. The Morgan fingerprint density at radius 3 is 2.33 bits per heavy atom. The fourth-order valence-corrected chi connectivity index (χ4v) is 5.80. The molecule has 0 aromatic heterocycles. The van der Waals surface area contributed by atoms with Crippen molar-refractivity contribution < 1.29 is 22.7 Å². The number of nitrogens with zero attached hydrogens (tertiary/aromatic N) is 3. The molecule has 0 saturated carbocycles. The Hall–Kier alpha value is -2.62. The van der Waals surface area contributed by atoms with Gasteiger partial charge in [-0.3, -0.25) is 4.79 Å². The van der Waals surface area contributed by atoms with Crippen LogP contribution in [0.4, 0.5) is 5.69 Å². The SMILES string of the molecule is COc1ccc(S(=O)(=O)N2CCN(c3cccc(C)c3C)CC2)cc1C(=O)N1CCOCC1. The van der Waals surface area contributed by atoms with E-state index in [1.54, 1.807) is 11.0 Å². The van der Waals surface area contributed by atoms with E-state index in [1.807, 2.05) is 6.07 Å². The minimum atomic E-state index is -3.74. The number of piperazine rings is 1. The first-order chi connectivity index (χ1) is 15.8. The predicted molar refractivity (Wildman–Crippen MR) is 127 cm³/mol. The van der Waals surface area contributed by atoms with Crippen molar-refractivity contribution in [1.29, 1.82) is 0 Å². The van der Waals surface area contributed by atoms with Crippen molar-refractivity contribution in [2.75, 3.05) is 64.5 Å². The van der Waals surface area contributed by atoms with Crippen LogP contribution in [0.25, 0.3) is 0 Å². The lowest BCUT2D eigenvalue weighted by Crippen LogP contribution is -2.49. The molecule has 0 unspecified atom stereocenters.